The SMILES string of the molecule is CCCN(CC(=O)N(CCc1c[nH]c2ccccc12)Cc1ccc(OCC)cc1)C(=O)c1ccccc1Cl. The zero-order chi connectivity index (χ0) is 26.9. The van der Waals surface area contributed by atoms with Crippen molar-refractivity contribution < 1.29 is 14.3 Å². The number of carbonyl (C=O) groups is 2. The maximum absolute atomic E-state index is 13.7. The van der Waals surface area contributed by atoms with Crippen molar-refractivity contribution in [3.63, 3.8) is 0 Å². The van der Waals surface area contributed by atoms with Gasteiger partial charge in [-0.25, -0.2) is 0 Å². The summed E-state index contributed by atoms with van der Waals surface area (Å²) in [6.45, 7) is 5.96. The van der Waals surface area contributed by atoms with Gasteiger partial charge in [-0.05, 0) is 61.2 Å². The molecule has 0 saturated carbocycles. The molecule has 0 aliphatic heterocycles. The van der Waals surface area contributed by atoms with Gasteiger partial charge in [0.05, 0.1) is 17.2 Å². The van der Waals surface area contributed by atoms with E-state index in [1.165, 1.54) is 0 Å². The zero-order valence-electron chi connectivity index (χ0n) is 22.0. The second-order valence-electron chi connectivity index (χ2n) is 9.21. The van der Waals surface area contributed by atoms with E-state index < -0.39 is 0 Å². The summed E-state index contributed by atoms with van der Waals surface area (Å²) in [7, 11) is 0. The van der Waals surface area contributed by atoms with E-state index in [9.17, 15) is 9.59 Å². The van der Waals surface area contributed by atoms with Crippen LogP contribution in [0.3, 0.4) is 0 Å². The number of para-hydroxylation sites is 1. The van der Waals surface area contributed by atoms with E-state index >= 15 is 0 Å². The van der Waals surface area contributed by atoms with Crippen molar-refractivity contribution in [2.45, 2.75) is 33.2 Å². The van der Waals surface area contributed by atoms with Gasteiger partial charge >= 0.3 is 0 Å². The third kappa shape index (κ3) is 6.75. The number of nitrogens with one attached hydrogen (secondary N) is 1. The third-order valence-corrected chi connectivity index (χ3v) is 6.83. The highest BCUT2D eigenvalue weighted by Gasteiger charge is 2.23. The Labute approximate surface area is 229 Å². The van der Waals surface area contributed by atoms with Gasteiger partial charge in [0, 0.05) is 36.7 Å². The Morgan fingerprint density at radius 3 is 2.37 bits per heavy atom. The van der Waals surface area contributed by atoms with E-state index in [4.69, 9.17) is 16.3 Å². The van der Waals surface area contributed by atoms with Crippen molar-refractivity contribution in [1.29, 1.82) is 0 Å². The van der Waals surface area contributed by atoms with E-state index in [1.807, 2.05) is 67.4 Å². The third-order valence-electron chi connectivity index (χ3n) is 6.50. The summed E-state index contributed by atoms with van der Waals surface area (Å²) in [5, 5.41) is 1.54. The van der Waals surface area contributed by atoms with Crippen molar-refractivity contribution in [3.8, 4) is 5.75 Å². The topological polar surface area (TPSA) is 65.6 Å². The molecule has 0 aliphatic carbocycles. The van der Waals surface area contributed by atoms with Crippen LogP contribution >= 0.6 is 11.6 Å². The molecule has 4 rings (SSSR count). The lowest BCUT2D eigenvalue weighted by Gasteiger charge is -2.28. The maximum atomic E-state index is 13.7. The van der Waals surface area contributed by atoms with Gasteiger partial charge in [0.25, 0.3) is 5.91 Å². The molecule has 3 aromatic carbocycles. The molecule has 0 fully saturated rings. The van der Waals surface area contributed by atoms with Gasteiger partial charge in [0.2, 0.25) is 5.91 Å². The lowest BCUT2D eigenvalue weighted by Crippen LogP contribution is -2.43. The number of hydrogen-bond acceptors (Lipinski definition) is 3. The molecule has 0 aliphatic rings. The van der Waals surface area contributed by atoms with Gasteiger partial charge in [-0.1, -0.05) is 61.0 Å². The lowest BCUT2D eigenvalue weighted by atomic mass is 10.1. The number of nitrogens with zero attached hydrogens (tertiary/aromatic N) is 2. The van der Waals surface area contributed by atoms with Crippen LogP contribution in [0.15, 0.2) is 79.0 Å². The van der Waals surface area contributed by atoms with Gasteiger partial charge in [-0.2, -0.15) is 0 Å². The van der Waals surface area contributed by atoms with Crippen LogP contribution in [0.5, 0.6) is 5.75 Å². The van der Waals surface area contributed by atoms with Gasteiger partial charge < -0.3 is 19.5 Å². The molecule has 6 nitrogen and oxygen atoms in total. The summed E-state index contributed by atoms with van der Waals surface area (Å²) in [4.78, 5) is 33.8. The Kier molecular flexibility index (Phi) is 9.44. The highest BCUT2D eigenvalue weighted by Crippen LogP contribution is 2.21. The monoisotopic (exact) mass is 531 g/mol. The quantitative estimate of drug-likeness (QED) is 0.232. The molecular weight excluding hydrogens is 498 g/mol. The van der Waals surface area contributed by atoms with E-state index in [0.717, 1.165) is 34.2 Å². The Balaban J connectivity index is 1.54. The first-order valence-electron chi connectivity index (χ1n) is 13.1. The second kappa shape index (κ2) is 13.2. The highest BCUT2D eigenvalue weighted by molar-refractivity contribution is 6.33. The summed E-state index contributed by atoms with van der Waals surface area (Å²) >= 11 is 6.30. The van der Waals surface area contributed by atoms with Crippen LogP contribution in [0, 0.1) is 0 Å². The molecule has 4 aromatic rings. The molecule has 0 unspecified atom stereocenters. The number of H-pyrrole nitrogens is 1. The fourth-order valence-electron chi connectivity index (χ4n) is 4.55. The Bertz CT molecular complexity index is 1370. The summed E-state index contributed by atoms with van der Waals surface area (Å²) in [5.41, 5.74) is 3.64. The molecule has 1 heterocycles. The Morgan fingerprint density at radius 2 is 1.63 bits per heavy atom. The van der Waals surface area contributed by atoms with Gasteiger partial charge in [-0.15, -0.1) is 0 Å². The number of amides is 2. The van der Waals surface area contributed by atoms with Crippen LogP contribution in [-0.4, -0.2) is 52.8 Å². The van der Waals surface area contributed by atoms with Crippen LogP contribution in [0.4, 0.5) is 0 Å². The van der Waals surface area contributed by atoms with Crippen LogP contribution < -0.4 is 4.74 Å². The minimum atomic E-state index is -0.233. The molecular formula is C31H34ClN3O3. The minimum Gasteiger partial charge on any atom is -0.494 e. The summed E-state index contributed by atoms with van der Waals surface area (Å²) in [6, 6.07) is 22.9. The number of aromatic amines is 1. The molecule has 0 atom stereocenters. The summed E-state index contributed by atoms with van der Waals surface area (Å²) < 4.78 is 5.57. The normalized spacial score (nSPS) is 10.9. The Hall–Kier alpha value is -3.77. The number of aromatic nitrogens is 1. The van der Waals surface area contributed by atoms with Crippen LogP contribution in [0.2, 0.25) is 5.02 Å². The zero-order valence-corrected chi connectivity index (χ0v) is 22.7. The number of halogens is 1. The van der Waals surface area contributed by atoms with Crippen LogP contribution in [0.25, 0.3) is 10.9 Å². The number of hydrogen-bond donors (Lipinski definition) is 1. The van der Waals surface area contributed by atoms with Crippen molar-refractivity contribution in [3.05, 3.63) is 101 Å². The number of fused-ring (bicyclic) bond motifs is 1. The molecule has 198 valence electrons. The average molecular weight is 532 g/mol. The van der Waals surface area contributed by atoms with E-state index in [1.54, 1.807) is 29.2 Å². The summed E-state index contributed by atoms with van der Waals surface area (Å²) in [6.07, 6.45) is 3.44. The van der Waals surface area contributed by atoms with Crippen molar-refractivity contribution >= 4 is 34.3 Å². The molecule has 0 bridgehead atoms. The highest BCUT2D eigenvalue weighted by atomic mass is 35.5. The Morgan fingerprint density at radius 1 is 0.895 bits per heavy atom. The van der Waals surface area contributed by atoms with Gasteiger partial charge in [0.15, 0.2) is 0 Å². The standard InChI is InChI=1S/C31H34ClN3O3/c1-3-18-35(31(37)27-10-5-7-11-28(27)32)22-30(36)34(21-23-13-15-25(16-14-23)38-4-2)19-17-24-20-33-29-12-8-6-9-26(24)29/h5-16,20,33H,3-4,17-19,21-22H2,1-2H3. The molecule has 0 spiro atoms. The first kappa shape index (κ1) is 27.3. The van der Waals surface area contributed by atoms with Gasteiger partial charge in [0.1, 0.15) is 12.3 Å². The predicted molar refractivity (Wildman–Crippen MR) is 153 cm³/mol. The molecule has 1 N–H and O–H groups in total. The molecule has 2 amide bonds. The molecule has 0 saturated heterocycles. The summed E-state index contributed by atoms with van der Waals surface area (Å²) in [5.74, 6) is 0.461. The van der Waals surface area contributed by atoms with E-state index in [-0.39, 0.29) is 18.4 Å². The number of rotatable bonds is 12. The molecule has 0 radical (unpaired) electrons. The van der Waals surface area contributed by atoms with Crippen molar-refractivity contribution in [2.75, 3.05) is 26.2 Å². The molecule has 38 heavy (non-hydrogen) atoms. The minimum absolute atomic E-state index is 0.0111. The largest absolute Gasteiger partial charge is 0.494 e. The predicted octanol–water partition coefficient (Wildman–Crippen LogP) is 6.34. The number of carbonyl (C=O) groups excluding carboxylic acids is 2. The van der Waals surface area contributed by atoms with Crippen LogP contribution in [0.1, 0.15) is 41.8 Å². The molecule has 7 heteroatoms. The maximum Gasteiger partial charge on any atom is 0.255 e. The van der Waals surface area contributed by atoms with Gasteiger partial charge in [-0.3, -0.25) is 9.59 Å². The smallest absolute Gasteiger partial charge is 0.255 e. The molecule has 1 aromatic heterocycles. The fourth-order valence-corrected chi connectivity index (χ4v) is 4.77. The van der Waals surface area contributed by atoms with Crippen LogP contribution in [-0.2, 0) is 17.8 Å². The fraction of sp³-hybridized carbons (Fsp3) is 0.290. The second-order valence-corrected chi connectivity index (χ2v) is 9.62. The lowest BCUT2D eigenvalue weighted by molar-refractivity contribution is -0.132. The first-order chi connectivity index (χ1) is 18.5. The van der Waals surface area contributed by atoms with Crippen molar-refractivity contribution in [2.24, 2.45) is 0 Å². The number of benzene rings is 3. The first-order valence-corrected chi connectivity index (χ1v) is 13.5. The van der Waals surface area contributed by atoms with E-state index in [0.29, 0.717) is 43.2 Å². The number of ether oxygens (including phenoxy) is 1. The van der Waals surface area contributed by atoms with Crippen molar-refractivity contribution in [1.82, 2.24) is 14.8 Å². The average Bonchev–Trinajstić information content (AvgIpc) is 3.35. The van der Waals surface area contributed by atoms with E-state index in [2.05, 4.69) is 11.1 Å².